The van der Waals surface area contributed by atoms with Crippen LogP contribution in [0.4, 0.5) is 9.59 Å². The Bertz CT molecular complexity index is 446. The van der Waals surface area contributed by atoms with Gasteiger partial charge in [-0.05, 0) is 33.8 Å². The fraction of sp³-hybridized carbons (Fsp3) is 0.667. The monoisotopic (exact) mass is 311 g/mol. The van der Waals surface area contributed by atoms with Crippen LogP contribution >= 0.6 is 0 Å². The van der Waals surface area contributed by atoms with E-state index < -0.39 is 11.7 Å². The third-order valence-electron chi connectivity index (χ3n) is 2.94. The van der Waals surface area contributed by atoms with E-state index in [4.69, 9.17) is 14.9 Å². The van der Waals surface area contributed by atoms with Gasteiger partial charge in [0, 0.05) is 25.9 Å². The van der Waals surface area contributed by atoms with Gasteiger partial charge < -0.3 is 14.4 Å². The number of nitrogens with zero attached hydrogens (tertiary/aromatic N) is 1. The molecular formula is C15H25N3O4. The van der Waals surface area contributed by atoms with Gasteiger partial charge in [0.1, 0.15) is 17.5 Å². The van der Waals surface area contributed by atoms with Gasteiger partial charge in [0.25, 0.3) is 0 Å². The summed E-state index contributed by atoms with van der Waals surface area (Å²) in [5.41, 5.74) is -0.516. The molecule has 0 unspecified atom stereocenters. The van der Waals surface area contributed by atoms with E-state index >= 15 is 0 Å². The highest BCUT2D eigenvalue weighted by Crippen LogP contribution is 2.17. The Kier molecular flexibility index (Phi) is 6.39. The molecule has 0 radical (unpaired) electrons. The number of piperidine rings is 1. The summed E-state index contributed by atoms with van der Waals surface area (Å²) in [6.07, 6.45) is 3.00. The van der Waals surface area contributed by atoms with Gasteiger partial charge in [-0.1, -0.05) is 6.08 Å². The third-order valence-corrected chi connectivity index (χ3v) is 2.94. The Balaban J connectivity index is 2.35. The maximum Gasteiger partial charge on any atom is 0.413 e. The van der Waals surface area contributed by atoms with Crippen molar-refractivity contribution in [2.24, 2.45) is 0 Å². The van der Waals surface area contributed by atoms with Gasteiger partial charge in [0.15, 0.2) is 0 Å². The van der Waals surface area contributed by atoms with Crippen molar-refractivity contribution in [1.82, 2.24) is 10.2 Å². The second kappa shape index (κ2) is 7.82. The van der Waals surface area contributed by atoms with Gasteiger partial charge in [-0.15, -0.1) is 0 Å². The SMILES string of the molecule is C/C=C\C(=N)NC(=O)OC1CCN(C(=O)OC(C)(C)C)CC1. The molecule has 0 spiro atoms. The largest absolute Gasteiger partial charge is 0.446 e. The number of nitrogens with one attached hydrogen (secondary N) is 2. The number of amides is 2. The first-order chi connectivity index (χ1) is 10.2. The third kappa shape index (κ3) is 6.60. The van der Waals surface area contributed by atoms with Crippen molar-refractivity contribution >= 4 is 18.0 Å². The van der Waals surface area contributed by atoms with E-state index in [1.54, 1.807) is 17.9 Å². The number of amidine groups is 1. The zero-order valence-corrected chi connectivity index (χ0v) is 13.6. The van der Waals surface area contributed by atoms with E-state index in [9.17, 15) is 9.59 Å². The minimum Gasteiger partial charge on any atom is -0.446 e. The van der Waals surface area contributed by atoms with Crippen LogP contribution in [0.5, 0.6) is 0 Å². The standard InChI is InChI=1S/C15H25N3O4/c1-5-6-12(16)17-13(19)21-11-7-9-18(10-8-11)14(20)22-15(2,3)4/h5-6,11H,7-10H2,1-4H3,(H2,16,17,19)/b6-5-. The van der Waals surface area contributed by atoms with Crippen LogP contribution in [0.15, 0.2) is 12.2 Å². The van der Waals surface area contributed by atoms with Crippen molar-refractivity contribution in [2.75, 3.05) is 13.1 Å². The molecule has 7 heteroatoms. The fourth-order valence-electron chi connectivity index (χ4n) is 1.98. The number of ether oxygens (including phenoxy) is 2. The van der Waals surface area contributed by atoms with Crippen LogP contribution < -0.4 is 5.32 Å². The van der Waals surface area contributed by atoms with Crippen LogP contribution in [0.25, 0.3) is 0 Å². The second-order valence-corrected chi connectivity index (χ2v) is 6.11. The number of alkyl carbamates (subject to hydrolysis) is 1. The van der Waals surface area contributed by atoms with Crippen LogP contribution in [-0.4, -0.2) is 47.7 Å². The summed E-state index contributed by atoms with van der Waals surface area (Å²) in [6, 6.07) is 0. The molecule has 1 rings (SSSR count). The number of carbonyl (C=O) groups excluding carboxylic acids is 2. The summed E-state index contributed by atoms with van der Waals surface area (Å²) >= 11 is 0. The van der Waals surface area contributed by atoms with E-state index in [0.717, 1.165) is 0 Å². The number of hydrogen-bond donors (Lipinski definition) is 2. The number of hydrogen-bond acceptors (Lipinski definition) is 5. The van der Waals surface area contributed by atoms with Crippen LogP contribution in [0.1, 0.15) is 40.5 Å². The van der Waals surface area contributed by atoms with Gasteiger partial charge >= 0.3 is 12.2 Å². The lowest BCUT2D eigenvalue weighted by atomic mass is 10.1. The minimum atomic E-state index is -0.640. The van der Waals surface area contributed by atoms with E-state index in [1.807, 2.05) is 20.8 Å². The summed E-state index contributed by atoms with van der Waals surface area (Å²) in [5.74, 6) is -0.0151. The molecule has 0 aromatic carbocycles. The highest BCUT2D eigenvalue weighted by molar-refractivity contribution is 6.00. The van der Waals surface area contributed by atoms with Crippen LogP contribution in [-0.2, 0) is 9.47 Å². The summed E-state index contributed by atoms with van der Waals surface area (Å²) in [5, 5.41) is 9.76. The molecule has 1 fully saturated rings. The lowest BCUT2D eigenvalue weighted by molar-refractivity contribution is 0.00701. The van der Waals surface area contributed by atoms with Gasteiger partial charge in [-0.25, -0.2) is 9.59 Å². The quantitative estimate of drug-likeness (QED) is 0.606. The van der Waals surface area contributed by atoms with Crippen LogP contribution in [0.3, 0.4) is 0 Å². The lowest BCUT2D eigenvalue weighted by Gasteiger charge is -2.33. The molecule has 0 aromatic rings. The molecule has 1 aliphatic heterocycles. The lowest BCUT2D eigenvalue weighted by Crippen LogP contribution is -2.44. The smallest absolute Gasteiger partial charge is 0.413 e. The topological polar surface area (TPSA) is 91.7 Å². The molecule has 22 heavy (non-hydrogen) atoms. The average molecular weight is 311 g/mol. The van der Waals surface area contributed by atoms with Crippen LogP contribution in [0, 0.1) is 5.41 Å². The van der Waals surface area contributed by atoms with Crippen molar-refractivity contribution in [3.63, 3.8) is 0 Å². The van der Waals surface area contributed by atoms with E-state index in [0.29, 0.717) is 25.9 Å². The van der Waals surface area contributed by atoms with Crippen molar-refractivity contribution in [3.8, 4) is 0 Å². The molecule has 1 saturated heterocycles. The molecule has 2 amide bonds. The van der Waals surface area contributed by atoms with E-state index in [2.05, 4.69) is 5.32 Å². The molecule has 2 N–H and O–H groups in total. The zero-order valence-electron chi connectivity index (χ0n) is 13.6. The number of carbonyl (C=O) groups is 2. The summed E-state index contributed by atoms with van der Waals surface area (Å²) in [7, 11) is 0. The first-order valence-corrected chi connectivity index (χ1v) is 7.38. The predicted molar refractivity (Wildman–Crippen MR) is 83.0 cm³/mol. The summed E-state index contributed by atoms with van der Waals surface area (Å²) < 4.78 is 10.5. The molecule has 0 atom stereocenters. The van der Waals surface area contributed by atoms with E-state index in [1.165, 1.54) is 6.08 Å². The number of rotatable bonds is 2. The first-order valence-electron chi connectivity index (χ1n) is 7.38. The summed E-state index contributed by atoms with van der Waals surface area (Å²) in [6.45, 7) is 8.20. The highest BCUT2D eigenvalue weighted by atomic mass is 16.6. The molecule has 0 saturated carbocycles. The molecule has 0 aliphatic carbocycles. The molecule has 7 nitrogen and oxygen atoms in total. The molecular weight excluding hydrogens is 286 g/mol. The van der Waals surface area contributed by atoms with Gasteiger partial charge in [-0.2, -0.15) is 0 Å². The van der Waals surface area contributed by atoms with Crippen LogP contribution in [0.2, 0.25) is 0 Å². The second-order valence-electron chi connectivity index (χ2n) is 6.11. The normalized spacial score (nSPS) is 16.5. The predicted octanol–water partition coefficient (Wildman–Crippen LogP) is 2.67. The number of allylic oxidation sites excluding steroid dienone is 1. The molecule has 0 bridgehead atoms. The van der Waals surface area contributed by atoms with Crippen molar-refractivity contribution in [1.29, 1.82) is 5.41 Å². The molecule has 1 heterocycles. The fourth-order valence-corrected chi connectivity index (χ4v) is 1.98. The Labute approximate surface area is 131 Å². The maximum atomic E-state index is 11.9. The highest BCUT2D eigenvalue weighted by Gasteiger charge is 2.28. The van der Waals surface area contributed by atoms with Gasteiger partial charge in [0.2, 0.25) is 0 Å². The first kappa shape index (κ1) is 18.0. The zero-order chi connectivity index (χ0) is 16.8. The van der Waals surface area contributed by atoms with E-state index in [-0.39, 0.29) is 18.0 Å². The maximum absolute atomic E-state index is 11.9. The van der Waals surface area contributed by atoms with Gasteiger partial charge in [-0.3, -0.25) is 10.7 Å². The number of likely N-dealkylation sites (tertiary alicyclic amines) is 1. The van der Waals surface area contributed by atoms with Crippen molar-refractivity contribution in [3.05, 3.63) is 12.2 Å². The summed E-state index contributed by atoms with van der Waals surface area (Å²) in [4.78, 5) is 25.1. The molecule has 0 aromatic heterocycles. The minimum absolute atomic E-state index is 0.0151. The van der Waals surface area contributed by atoms with Crippen molar-refractivity contribution in [2.45, 2.75) is 52.2 Å². The Morgan fingerprint density at radius 3 is 2.36 bits per heavy atom. The average Bonchev–Trinajstić information content (AvgIpc) is 2.37. The Morgan fingerprint density at radius 1 is 1.27 bits per heavy atom. The Morgan fingerprint density at radius 2 is 1.86 bits per heavy atom. The van der Waals surface area contributed by atoms with Crippen molar-refractivity contribution < 1.29 is 19.1 Å². The molecule has 1 aliphatic rings. The Hall–Kier alpha value is -2.05. The molecule has 124 valence electrons. The van der Waals surface area contributed by atoms with Gasteiger partial charge in [0.05, 0.1) is 0 Å².